The second kappa shape index (κ2) is 6.76. The summed E-state index contributed by atoms with van der Waals surface area (Å²) >= 11 is 0. The van der Waals surface area contributed by atoms with Crippen molar-refractivity contribution in [3.05, 3.63) is 95.3 Å². The quantitative estimate of drug-likeness (QED) is 0.571. The molecule has 128 valence electrons. The predicted octanol–water partition coefficient (Wildman–Crippen LogP) is 4.59. The molecule has 0 amide bonds. The number of rotatable bonds is 4. The minimum Gasteiger partial charge on any atom is -0.388 e. The fourth-order valence-corrected chi connectivity index (χ4v) is 3.03. The first-order valence-corrected chi connectivity index (χ1v) is 8.51. The Bertz CT molecular complexity index is 1100. The van der Waals surface area contributed by atoms with Crippen molar-refractivity contribution in [3.8, 4) is 11.3 Å². The molecule has 26 heavy (non-hydrogen) atoms. The van der Waals surface area contributed by atoms with Gasteiger partial charge in [0.15, 0.2) is 0 Å². The molecule has 1 heterocycles. The molecule has 0 unspecified atom stereocenters. The normalized spacial score (nSPS) is 10.7. The maximum Gasteiger partial charge on any atom is 0.277 e. The van der Waals surface area contributed by atoms with Crippen LogP contribution >= 0.6 is 0 Å². The summed E-state index contributed by atoms with van der Waals surface area (Å²) in [5, 5.41) is 4.73. The standard InChI is InChI=1S/C22H19N3O/c1-23-18-13-11-16(12-14-18)21-15-17-7-5-6-10-20(17)22(26)25(21)24-19-8-3-2-4-9-19/h2-15,23-24H,1H3. The van der Waals surface area contributed by atoms with E-state index < -0.39 is 0 Å². The highest BCUT2D eigenvalue weighted by molar-refractivity contribution is 5.85. The number of nitrogens with one attached hydrogen (secondary N) is 2. The molecule has 0 aliphatic carbocycles. The third-order valence-electron chi connectivity index (χ3n) is 4.41. The Morgan fingerprint density at radius 3 is 2.19 bits per heavy atom. The predicted molar refractivity (Wildman–Crippen MR) is 109 cm³/mol. The van der Waals surface area contributed by atoms with Crippen LogP contribution in [-0.2, 0) is 0 Å². The van der Waals surface area contributed by atoms with Gasteiger partial charge < -0.3 is 5.32 Å². The third-order valence-corrected chi connectivity index (χ3v) is 4.41. The van der Waals surface area contributed by atoms with Crippen LogP contribution in [0.25, 0.3) is 22.0 Å². The van der Waals surface area contributed by atoms with Crippen molar-refractivity contribution in [2.45, 2.75) is 0 Å². The van der Waals surface area contributed by atoms with Gasteiger partial charge >= 0.3 is 0 Å². The van der Waals surface area contributed by atoms with E-state index in [4.69, 9.17) is 0 Å². The Morgan fingerprint density at radius 1 is 0.769 bits per heavy atom. The van der Waals surface area contributed by atoms with Gasteiger partial charge in [0.2, 0.25) is 0 Å². The van der Waals surface area contributed by atoms with E-state index in [1.165, 1.54) is 0 Å². The van der Waals surface area contributed by atoms with Gasteiger partial charge in [0, 0.05) is 23.7 Å². The van der Waals surface area contributed by atoms with E-state index in [0.29, 0.717) is 5.39 Å². The van der Waals surface area contributed by atoms with Crippen molar-refractivity contribution < 1.29 is 0 Å². The monoisotopic (exact) mass is 341 g/mol. The van der Waals surface area contributed by atoms with E-state index in [-0.39, 0.29) is 5.56 Å². The first kappa shape index (κ1) is 16.0. The number of pyridine rings is 1. The number of aromatic nitrogens is 1. The minimum absolute atomic E-state index is 0.0698. The fourth-order valence-electron chi connectivity index (χ4n) is 3.03. The molecular weight excluding hydrogens is 322 g/mol. The summed E-state index contributed by atoms with van der Waals surface area (Å²) in [6, 6.07) is 27.4. The molecule has 0 bridgehead atoms. The lowest BCUT2D eigenvalue weighted by atomic mass is 10.1. The lowest BCUT2D eigenvalue weighted by Crippen LogP contribution is -2.28. The highest BCUT2D eigenvalue weighted by atomic mass is 16.1. The molecule has 0 spiro atoms. The molecule has 0 radical (unpaired) electrons. The minimum atomic E-state index is -0.0698. The zero-order valence-corrected chi connectivity index (χ0v) is 14.4. The number of hydrogen-bond acceptors (Lipinski definition) is 3. The van der Waals surface area contributed by atoms with Gasteiger partial charge in [0.25, 0.3) is 5.56 Å². The Labute approximate surface area is 151 Å². The molecule has 4 heteroatoms. The summed E-state index contributed by atoms with van der Waals surface area (Å²) < 4.78 is 1.62. The van der Waals surface area contributed by atoms with E-state index in [1.807, 2.05) is 92.0 Å². The van der Waals surface area contributed by atoms with Crippen molar-refractivity contribution in [1.29, 1.82) is 0 Å². The van der Waals surface area contributed by atoms with Crippen LogP contribution in [0.5, 0.6) is 0 Å². The summed E-state index contributed by atoms with van der Waals surface area (Å²) in [4.78, 5) is 13.1. The molecule has 3 aromatic carbocycles. The van der Waals surface area contributed by atoms with Crippen molar-refractivity contribution in [2.24, 2.45) is 0 Å². The van der Waals surface area contributed by atoms with Crippen molar-refractivity contribution in [1.82, 2.24) is 4.68 Å². The molecule has 0 fully saturated rings. The topological polar surface area (TPSA) is 46.1 Å². The Morgan fingerprint density at radius 2 is 1.46 bits per heavy atom. The number of nitrogens with zero attached hydrogens (tertiary/aromatic N) is 1. The Kier molecular flexibility index (Phi) is 4.15. The van der Waals surface area contributed by atoms with E-state index >= 15 is 0 Å². The highest BCUT2D eigenvalue weighted by Crippen LogP contribution is 2.24. The molecule has 0 atom stereocenters. The van der Waals surface area contributed by atoms with Crippen molar-refractivity contribution in [3.63, 3.8) is 0 Å². The largest absolute Gasteiger partial charge is 0.388 e. The number of benzene rings is 3. The van der Waals surface area contributed by atoms with E-state index in [0.717, 1.165) is 28.0 Å². The molecule has 4 nitrogen and oxygen atoms in total. The fraction of sp³-hybridized carbons (Fsp3) is 0.0455. The van der Waals surface area contributed by atoms with Gasteiger partial charge in [-0.1, -0.05) is 48.5 Å². The Balaban J connectivity index is 1.94. The number of fused-ring (bicyclic) bond motifs is 1. The lowest BCUT2D eigenvalue weighted by molar-refractivity contribution is 0.923. The number of para-hydroxylation sites is 1. The van der Waals surface area contributed by atoms with Crippen molar-refractivity contribution >= 4 is 22.1 Å². The van der Waals surface area contributed by atoms with Crippen LogP contribution in [0.1, 0.15) is 0 Å². The third kappa shape index (κ3) is 2.93. The van der Waals surface area contributed by atoms with Crippen LogP contribution in [0.4, 0.5) is 11.4 Å². The lowest BCUT2D eigenvalue weighted by Gasteiger charge is -2.17. The molecule has 2 N–H and O–H groups in total. The van der Waals surface area contributed by atoms with Gasteiger partial charge in [-0.25, -0.2) is 4.68 Å². The second-order valence-electron chi connectivity index (χ2n) is 6.06. The zero-order chi connectivity index (χ0) is 17.9. The van der Waals surface area contributed by atoms with Gasteiger partial charge in [0.1, 0.15) is 0 Å². The maximum atomic E-state index is 13.1. The molecule has 0 saturated carbocycles. The molecule has 0 aliphatic heterocycles. The van der Waals surface area contributed by atoms with E-state index in [2.05, 4.69) is 10.7 Å². The summed E-state index contributed by atoms with van der Waals surface area (Å²) in [6.07, 6.45) is 0. The molecule has 0 saturated heterocycles. The van der Waals surface area contributed by atoms with Gasteiger partial charge in [0.05, 0.1) is 11.4 Å². The molecular formula is C22H19N3O. The molecule has 4 aromatic rings. The van der Waals surface area contributed by atoms with E-state index in [9.17, 15) is 4.79 Å². The van der Waals surface area contributed by atoms with Crippen molar-refractivity contribution in [2.75, 3.05) is 17.8 Å². The van der Waals surface area contributed by atoms with Gasteiger partial charge in [-0.3, -0.25) is 10.2 Å². The van der Waals surface area contributed by atoms with Crippen LogP contribution in [0.3, 0.4) is 0 Å². The van der Waals surface area contributed by atoms with Crippen LogP contribution in [-0.4, -0.2) is 11.7 Å². The Hall–Kier alpha value is -3.53. The van der Waals surface area contributed by atoms with E-state index in [1.54, 1.807) is 4.68 Å². The molecule has 0 aliphatic rings. The van der Waals surface area contributed by atoms with Crippen LogP contribution < -0.4 is 16.3 Å². The summed E-state index contributed by atoms with van der Waals surface area (Å²) in [6.45, 7) is 0. The number of hydrogen-bond donors (Lipinski definition) is 2. The maximum absolute atomic E-state index is 13.1. The average Bonchev–Trinajstić information content (AvgIpc) is 2.71. The van der Waals surface area contributed by atoms with Crippen LogP contribution in [0, 0.1) is 0 Å². The average molecular weight is 341 g/mol. The first-order valence-electron chi connectivity index (χ1n) is 8.51. The van der Waals surface area contributed by atoms with Crippen LogP contribution in [0.15, 0.2) is 89.7 Å². The SMILES string of the molecule is CNc1ccc(-c2cc3ccccc3c(=O)n2Nc2ccccc2)cc1. The summed E-state index contributed by atoms with van der Waals surface area (Å²) in [7, 11) is 1.89. The summed E-state index contributed by atoms with van der Waals surface area (Å²) in [5.41, 5.74) is 6.85. The molecule has 4 rings (SSSR count). The van der Waals surface area contributed by atoms with Gasteiger partial charge in [-0.15, -0.1) is 0 Å². The molecule has 1 aromatic heterocycles. The van der Waals surface area contributed by atoms with Crippen LogP contribution in [0.2, 0.25) is 0 Å². The summed E-state index contributed by atoms with van der Waals surface area (Å²) in [5.74, 6) is 0. The smallest absolute Gasteiger partial charge is 0.277 e. The highest BCUT2D eigenvalue weighted by Gasteiger charge is 2.11. The zero-order valence-electron chi connectivity index (χ0n) is 14.4. The first-order chi connectivity index (χ1) is 12.8. The van der Waals surface area contributed by atoms with Gasteiger partial charge in [-0.05, 0) is 41.8 Å². The number of anilines is 2. The van der Waals surface area contributed by atoms with Gasteiger partial charge in [-0.2, -0.15) is 0 Å². The second-order valence-corrected chi connectivity index (χ2v) is 6.06.